The first-order valence-corrected chi connectivity index (χ1v) is 5.67. The lowest BCUT2D eigenvalue weighted by molar-refractivity contribution is 0.112. The van der Waals surface area contributed by atoms with Crippen molar-refractivity contribution in [2.45, 2.75) is 46.6 Å². The van der Waals surface area contributed by atoms with Crippen LogP contribution in [0.3, 0.4) is 0 Å². The van der Waals surface area contributed by atoms with Crippen LogP contribution in [0.15, 0.2) is 12.1 Å². The third-order valence-electron chi connectivity index (χ3n) is 2.73. The largest absolute Gasteiger partial charge is 0.388 e. The normalized spacial score (nSPS) is 15.0. The van der Waals surface area contributed by atoms with E-state index in [-0.39, 0.29) is 6.10 Å². The van der Waals surface area contributed by atoms with Crippen LogP contribution >= 0.6 is 0 Å². The van der Waals surface area contributed by atoms with E-state index in [1.807, 2.05) is 26.0 Å². The van der Waals surface area contributed by atoms with Crippen molar-refractivity contribution in [3.05, 3.63) is 29.1 Å². The van der Waals surface area contributed by atoms with E-state index in [1.54, 1.807) is 0 Å². The van der Waals surface area contributed by atoms with Gasteiger partial charge in [-0.3, -0.25) is 4.98 Å². The van der Waals surface area contributed by atoms with Crippen LogP contribution in [0.4, 0.5) is 0 Å². The Balaban J connectivity index is 2.85. The molecule has 1 heterocycles. The first-order valence-electron chi connectivity index (χ1n) is 5.67. The van der Waals surface area contributed by atoms with Gasteiger partial charge in [0, 0.05) is 11.4 Å². The number of hydrogen-bond acceptors (Lipinski definition) is 2. The summed E-state index contributed by atoms with van der Waals surface area (Å²) in [5, 5.41) is 10.1. The first kappa shape index (κ1) is 12.2. The summed E-state index contributed by atoms with van der Waals surface area (Å²) in [5.74, 6) is 0.316. The van der Waals surface area contributed by atoms with Crippen LogP contribution in [0.25, 0.3) is 0 Å². The molecule has 0 aliphatic rings. The van der Waals surface area contributed by atoms with E-state index >= 15 is 0 Å². The van der Waals surface area contributed by atoms with Gasteiger partial charge in [-0.05, 0) is 43.9 Å². The highest BCUT2D eigenvalue weighted by Crippen LogP contribution is 2.25. The minimum Gasteiger partial charge on any atom is -0.388 e. The van der Waals surface area contributed by atoms with E-state index in [1.165, 1.54) is 0 Å². The molecule has 0 amide bonds. The Kier molecular flexibility index (Phi) is 4.28. The lowest BCUT2D eigenvalue weighted by Gasteiger charge is -2.19. The number of aromatic nitrogens is 1. The van der Waals surface area contributed by atoms with Crippen LogP contribution in [0.1, 0.15) is 49.7 Å². The van der Waals surface area contributed by atoms with E-state index in [4.69, 9.17) is 0 Å². The van der Waals surface area contributed by atoms with E-state index < -0.39 is 0 Å². The summed E-state index contributed by atoms with van der Waals surface area (Å²) < 4.78 is 0. The molecule has 1 N–H and O–H groups in total. The Bertz CT molecular complexity index is 302. The molecule has 0 spiro atoms. The summed E-state index contributed by atoms with van der Waals surface area (Å²) in [7, 11) is 0. The molecule has 0 aliphatic carbocycles. The summed E-state index contributed by atoms with van der Waals surface area (Å²) in [6.45, 7) is 8.17. The molecule has 0 saturated carbocycles. The Morgan fingerprint density at radius 3 is 2.27 bits per heavy atom. The van der Waals surface area contributed by atoms with E-state index in [0.717, 1.165) is 29.8 Å². The monoisotopic (exact) mass is 207 g/mol. The second kappa shape index (κ2) is 5.26. The molecule has 84 valence electrons. The van der Waals surface area contributed by atoms with Crippen molar-refractivity contribution in [2.24, 2.45) is 5.92 Å². The van der Waals surface area contributed by atoms with Gasteiger partial charge in [0.05, 0.1) is 6.10 Å². The topological polar surface area (TPSA) is 33.1 Å². The molecule has 0 saturated heterocycles. The summed E-state index contributed by atoms with van der Waals surface area (Å²) in [4.78, 5) is 4.31. The maximum atomic E-state index is 10.1. The van der Waals surface area contributed by atoms with Crippen molar-refractivity contribution in [3.8, 4) is 0 Å². The Labute approximate surface area is 92.4 Å². The molecule has 15 heavy (non-hydrogen) atoms. The van der Waals surface area contributed by atoms with Gasteiger partial charge in [0.25, 0.3) is 0 Å². The molecule has 0 fully saturated rings. The number of nitrogens with zero attached hydrogens (tertiary/aromatic N) is 1. The number of hydrogen-bond donors (Lipinski definition) is 1. The second-order valence-electron chi connectivity index (χ2n) is 4.39. The minimum atomic E-state index is -0.356. The molecule has 1 aromatic heterocycles. The highest BCUT2D eigenvalue weighted by Gasteiger charge is 2.16. The zero-order valence-corrected chi connectivity index (χ0v) is 10.1. The third-order valence-corrected chi connectivity index (χ3v) is 2.73. The SMILES string of the molecule is CCCC(C)C(O)c1cc(C)nc(C)c1. The number of rotatable bonds is 4. The minimum absolute atomic E-state index is 0.316. The van der Waals surface area contributed by atoms with Gasteiger partial charge >= 0.3 is 0 Å². The zero-order chi connectivity index (χ0) is 11.4. The molecule has 0 aliphatic heterocycles. The number of aliphatic hydroxyl groups is 1. The van der Waals surface area contributed by atoms with Crippen molar-refractivity contribution in [1.29, 1.82) is 0 Å². The molecule has 0 aromatic carbocycles. The number of aliphatic hydroxyl groups excluding tert-OH is 1. The van der Waals surface area contributed by atoms with Crippen LogP contribution in [-0.4, -0.2) is 10.1 Å². The predicted octanol–water partition coefficient (Wildman–Crippen LogP) is 3.17. The van der Waals surface area contributed by atoms with Crippen LogP contribution in [0, 0.1) is 19.8 Å². The molecule has 1 rings (SSSR count). The molecule has 2 nitrogen and oxygen atoms in total. The molecule has 0 bridgehead atoms. The fourth-order valence-corrected chi connectivity index (χ4v) is 1.98. The maximum absolute atomic E-state index is 10.1. The van der Waals surface area contributed by atoms with Crippen molar-refractivity contribution in [1.82, 2.24) is 4.98 Å². The smallest absolute Gasteiger partial charge is 0.0816 e. The third kappa shape index (κ3) is 3.31. The molecule has 2 heteroatoms. The Morgan fingerprint density at radius 2 is 1.80 bits per heavy atom. The summed E-state index contributed by atoms with van der Waals surface area (Å²) >= 11 is 0. The number of aryl methyl sites for hydroxylation is 2. The molecule has 2 unspecified atom stereocenters. The van der Waals surface area contributed by atoms with Gasteiger partial charge < -0.3 is 5.11 Å². The summed E-state index contributed by atoms with van der Waals surface area (Å²) in [6, 6.07) is 3.95. The Hall–Kier alpha value is -0.890. The van der Waals surface area contributed by atoms with Crippen LogP contribution in [0.2, 0.25) is 0 Å². The van der Waals surface area contributed by atoms with E-state index in [0.29, 0.717) is 5.92 Å². The highest BCUT2D eigenvalue weighted by molar-refractivity contribution is 5.22. The van der Waals surface area contributed by atoms with Crippen molar-refractivity contribution < 1.29 is 5.11 Å². The summed E-state index contributed by atoms with van der Waals surface area (Å²) in [5.41, 5.74) is 2.96. The van der Waals surface area contributed by atoms with Gasteiger partial charge in [0.1, 0.15) is 0 Å². The van der Waals surface area contributed by atoms with Crippen molar-refractivity contribution in [2.75, 3.05) is 0 Å². The molecular formula is C13H21NO. The van der Waals surface area contributed by atoms with E-state index in [9.17, 15) is 5.11 Å². The molecule has 0 radical (unpaired) electrons. The van der Waals surface area contributed by atoms with Crippen LogP contribution in [-0.2, 0) is 0 Å². The molecule has 2 atom stereocenters. The molecule has 1 aromatic rings. The average Bonchev–Trinajstić information content (AvgIpc) is 2.15. The van der Waals surface area contributed by atoms with Gasteiger partial charge in [-0.2, -0.15) is 0 Å². The zero-order valence-electron chi connectivity index (χ0n) is 10.1. The first-order chi connectivity index (χ1) is 7.04. The lowest BCUT2D eigenvalue weighted by atomic mass is 9.93. The molecular weight excluding hydrogens is 186 g/mol. The van der Waals surface area contributed by atoms with E-state index in [2.05, 4.69) is 18.8 Å². The highest BCUT2D eigenvalue weighted by atomic mass is 16.3. The van der Waals surface area contributed by atoms with Gasteiger partial charge in [-0.25, -0.2) is 0 Å². The van der Waals surface area contributed by atoms with Gasteiger partial charge in [-0.15, -0.1) is 0 Å². The van der Waals surface area contributed by atoms with Gasteiger partial charge in [0.2, 0.25) is 0 Å². The lowest BCUT2D eigenvalue weighted by Crippen LogP contribution is -2.09. The Morgan fingerprint density at radius 1 is 1.27 bits per heavy atom. The predicted molar refractivity (Wildman–Crippen MR) is 62.7 cm³/mol. The van der Waals surface area contributed by atoms with Crippen LogP contribution < -0.4 is 0 Å². The van der Waals surface area contributed by atoms with Crippen molar-refractivity contribution >= 4 is 0 Å². The fourth-order valence-electron chi connectivity index (χ4n) is 1.98. The van der Waals surface area contributed by atoms with Gasteiger partial charge in [0.15, 0.2) is 0 Å². The summed E-state index contributed by atoms with van der Waals surface area (Å²) in [6.07, 6.45) is 1.81. The van der Waals surface area contributed by atoms with Crippen molar-refractivity contribution in [3.63, 3.8) is 0 Å². The second-order valence-corrected chi connectivity index (χ2v) is 4.39. The standard InChI is InChI=1S/C13H21NO/c1-5-6-9(2)13(15)12-7-10(3)14-11(4)8-12/h7-9,13,15H,5-6H2,1-4H3. The fraction of sp³-hybridized carbons (Fsp3) is 0.615. The average molecular weight is 207 g/mol. The quantitative estimate of drug-likeness (QED) is 0.822. The number of pyridine rings is 1. The van der Waals surface area contributed by atoms with Crippen LogP contribution in [0.5, 0.6) is 0 Å². The maximum Gasteiger partial charge on any atom is 0.0816 e. The van der Waals surface area contributed by atoms with Gasteiger partial charge in [-0.1, -0.05) is 20.3 Å².